The Bertz CT molecular complexity index is 396. The van der Waals surface area contributed by atoms with Gasteiger partial charge in [-0.2, -0.15) is 0 Å². The smallest absolute Gasteiger partial charge is 0.335 e. The van der Waals surface area contributed by atoms with Gasteiger partial charge in [0.05, 0.1) is 5.56 Å². The van der Waals surface area contributed by atoms with Gasteiger partial charge < -0.3 is 15.2 Å². The summed E-state index contributed by atoms with van der Waals surface area (Å²) in [5, 5.41) is 12.1. The van der Waals surface area contributed by atoms with Gasteiger partial charge >= 0.3 is 5.97 Å². The first kappa shape index (κ1) is 15.0. The molecule has 0 aliphatic heterocycles. The summed E-state index contributed by atoms with van der Waals surface area (Å²) in [4.78, 5) is 10.8. The molecule has 100 valence electrons. The van der Waals surface area contributed by atoms with Crippen LogP contribution in [0.5, 0.6) is 0 Å². The first-order valence-corrected chi connectivity index (χ1v) is 6.79. The molecule has 5 heteroatoms. The van der Waals surface area contributed by atoms with E-state index >= 15 is 0 Å². The molecule has 0 aliphatic carbocycles. The Labute approximate surface area is 115 Å². The molecule has 0 heterocycles. The summed E-state index contributed by atoms with van der Waals surface area (Å²) < 4.78 is 6.13. The van der Waals surface area contributed by atoms with Gasteiger partial charge in [0.1, 0.15) is 0 Å². The lowest BCUT2D eigenvalue weighted by Gasteiger charge is -2.09. The largest absolute Gasteiger partial charge is 0.478 e. The number of halogens is 1. The highest BCUT2D eigenvalue weighted by Gasteiger charge is 2.05. The number of nitrogens with one attached hydrogen (secondary N) is 1. The molecule has 0 radical (unpaired) electrons. The maximum absolute atomic E-state index is 10.8. The van der Waals surface area contributed by atoms with Crippen LogP contribution < -0.4 is 5.32 Å². The van der Waals surface area contributed by atoms with E-state index in [4.69, 9.17) is 9.84 Å². The summed E-state index contributed by atoms with van der Waals surface area (Å²) in [5.74, 6) is -0.921. The third-order valence-corrected chi connectivity index (χ3v) is 3.00. The number of hydrogen-bond donors (Lipinski definition) is 2. The standard InChI is InChI=1S/C13H18BrNO3/c1-2-7-18-8-3-6-15-12-5-4-10(13(16)17)9-11(12)14/h4-5,9,15H,2-3,6-8H2,1H3,(H,16,17). The van der Waals surface area contributed by atoms with Crippen molar-refractivity contribution in [2.45, 2.75) is 19.8 Å². The predicted octanol–water partition coefficient (Wildman–Crippen LogP) is 3.38. The fourth-order valence-electron chi connectivity index (χ4n) is 1.44. The second kappa shape index (κ2) is 8.11. The average molecular weight is 316 g/mol. The van der Waals surface area contributed by atoms with E-state index in [1.165, 1.54) is 0 Å². The van der Waals surface area contributed by atoms with Crippen molar-refractivity contribution >= 4 is 27.6 Å². The number of carboxylic acid groups (broad SMARTS) is 1. The van der Waals surface area contributed by atoms with Crippen LogP contribution >= 0.6 is 15.9 Å². The van der Waals surface area contributed by atoms with E-state index in [9.17, 15) is 4.79 Å². The zero-order chi connectivity index (χ0) is 13.4. The van der Waals surface area contributed by atoms with E-state index in [-0.39, 0.29) is 5.56 Å². The van der Waals surface area contributed by atoms with Crippen LogP contribution in [0.15, 0.2) is 22.7 Å². The third kappa shape index (κ3) is 5.06. The minimum atomic E-state index is -0.921. The molecule has 0 bridgehead atoms. The van der Waals surface area contributed by atoms with Gasteiger partial charge in [-0.25, -0.2) is 4.79 Å². The molecule has 1 aromatic carbocycles. The van der Waals surface area contributed by atoms with Gasteiger partial charge in [0.15, 0.2) is 0 Å². The Balaban J connectivity index is 2.36. The third-order valence-electron chi connectivity index (χ3n) is 2.35. The number of rotatable bonds is 8. The molecule has 1 aromatic rings. The SMILES string of the molecule is CCCOCCCNc1ccc(C(=O)O)cc1Br. The highest BCUT2D eigenvalue weighted by atomic mass is 79.9. The van der Waals surface area contributed by atoms with Crippen LogP contribution in [-0.2, 0) is 4.74 Å². The van der Waals surface area contributed by atoms with Crippen molar-refractivity contribution in [3.63, 3.8) is 0 Å². The van der Waals surface area contributed by atoms with Crippen LogP contribution in [0, 0.1) is 0 Å². The lowest BCUT2D eigenvalue weighted by Crippen LogP contribution is -2.07. The normalized spacial score (nSPS) is 10.3. The number of carboxylic acids is 1. The van der Waals surface area contributed by atoms with E-state index < -0.39 is 5.97 Å². The highest BCUT2D eigenvalue weighted by molar-refractivity contribution is 9.10. The van der Waals surface area contributed by atoms with Gasteiger partial charge in [0, 0.05) is 29.9 Å². The van der Waals surface area contributed by atoms with E-state index in [2.05, 4.69) is 28.2 Å². The van der Waals surface area contributed by atoms with Gasteiger partial charge in [0.2, 0.25) is 0 Å². The number of aromatic carboxylic acids is 1. The van der Waals surface area contributed by atoms with Crippen LogP contribution in [0.2, 0.25) is 0 Å². The Morgan fingerprint density at radius 2 is 2.22 bits per heavy atom. The minimum absolute atomic E-state index is 0.277. The minimum Gasteiger partial charge on any atom is -0.478 e. The second-order valence-corrected chi connectivity index (χ2v) is 4.75. The molecule has 0 amide bonds. The lowest BCUT2D eigenvalue weighted by molar-refractivity contribution is 0.0697. The van der Waals surface area contributed by atoms with Crippen molar-refractivity contribution in [3.8, 4) is 0 Å². The molecule has 18 heavy (non-hydrogen) atoms. The van der Waals surface area contributed by atoms with E-state index in [1.807, 2.05) is 0 Å². The van der Waals surface area contributed by atoms with E-state index in [1.54, 1.807) is 18.2 Å². The van der Waals surface area contributed by atoms with Gasteiger partial charge in [-0.1, -0.05) is 6.92 Å². The predicted molar refractivity (Wildman–Crippen MR) is 75.3 cm³/mol. The van der Waals surface area contributed by atoms with Crippen molar-refractivity contribution in [2.75, 3.05) is 25.1 Å². The first-order valence-electron chi connectivity index (χ1n) is 5.99. The Hall–Kier alpha value is -1.07. The number of ether oxygens (including phenoxy) is 1. The summed E-state index contributed by atoms with van der Waals surface area (Å²) in [6, 6.07) is 4.95. The molecule has 0 saturated carbocycles. The molecule has 0 aliphatic rings. The van der Waals surface area contributed by atoms with E-state index in [0.29, 0.717) is 0 Å². The van der Waals surface area contributed by atoms with Crippen molar-refractivity contribution < 1.29 is 14.6 Å². The van der Waals surface area contributed by atoms with Crippen LogP contribution in [0.1, 0.15) is 30.1 Å². The van der Waals surface area contributed by atoms with Crippen LogP contribution in [0.4, 0.5) is 5.69 Å². The maximum atomic E-state index is 10.8. The first-order chi connectivity index (χ1) is 8.65. The summed E-state index contributed by atoms with van der Waals surface area (Å²) in [6.07, 6.45) is 1.96. The van der Waals surface area contributed by atoms with Gasteiger partial charge in [-0.3, -0.25) is 0 Å². The molecule has 4 nitrogen and oxygen atoms in total. The zero-order valence-corrected chi connectivity index (χ0v) is 12.0. The molecule has 0 atom stereocenters. The topological polar surface area (TPSA) is 58.6 Å². The summed E-state index contributed by atoms with van der Waals surface area (Å²) in [7, 11) is 0. The molecule has 0 spiro atoms. The van der Waals surface area contributed by atoms with Crippen LogP contribution in [0.25, 0.3) is 0 Å². The van der Waals surface area contributed by atoms with Crippen LogP contribution in [0.3, 0.4) is 0 Å². The van der Waals surface area contributed by atoms with E-state index in [0.717, 1.165) is 42.8 Å². The van der Waals surface area contributed by atoms with Crippen LogP contribution in [-0.4, -0.2) is 30.8 Å². The summed E-state index contributed by atoms with van der Waals surface area (Å²) in [6.45, 7) is 4.43. The molecule has 1 rings (SSSR count). The molecular weight excluding hydrogens is 298 g/mol. The van der Waals surface area contributed by atoms with Gasteiger partial charge in [-0.15, -0.1) is 0 Å². The molecular formula is C13H18BrNO3. The lowest BCUT2D eigenvalue weighted by atomic mass is 10.2. The molecule has 0 unspecified atom stereocenters. The zero-order valence-electron chi connectivity index (χ0n) is 10.4. The summed E-state index contributed by atoms with van der Waals surface area (Å²) >= 11 is 3.35. The Morgan fingerprint density at radius 3 is 2.83 bits per heavy atom. The fourth-order valence-corrected chi connectivity index (χ4v) is 1.95. The fraction of sp³-hybridized carbons (Fsp3) is 0.462. The molecule has 0 aromatic heterocycles. The number of anilines is 1. The second-order valence-electron chi connectivity index (χ2n) is 3.89. The molecule has 2 N–H and O–H groups in total. The monoisotopic (exact) mass is 315 g/mol. The maximum Gasteiger partial charge on any atom is 0.335 e. The van der Waals surface area contributed by atoms with Gasteiger partial charge in [-0.05, 0) is 47.0 Å². The average Bonchev–Trinajstić information content (AvgIpc) is 2.35. The molecule has 0 fully saturated rings. The summed E-state index contributed by atoms with van der Waals surface area (Å²) in [5.41, 5.74) is 1.18. The number of benzene rings is 1. The quantitative estimate of drug-likeness (QED) is 0.722. The van der Waals surface area contributed by atoms with Crippen molar-refractivity contribution in [1.82, 2.24) is 0 Å². The van der Waals surface area contributed by atoms with Crippen molar-refractivity contribution in [2.24, 2.45) is 0 Å². The van der Waals surface area contributed by atoms with Crippen molar-refractivity contribution in [3.05, 3.63) is 28.2 Å². The Morgan fingerprint density at radius 1 is 1.44 bits per heavy atom. The van der Waals surface area contributed by atoms with Gasteiger partial charge in [0.25, 0.3) is 0 Å². The number of hydrogen-bond acceptors (Lipinski definition) is 3. The Kier molecular flexibility index (Phi) is 6.75. The molecule has 0 saturated heterocycles. The highest BCUT2D eigenvalue weighted by Crippen LogP contribution is 2.23. The number of carbonyl (C=O) groups is 1. The van der Waals surface area contributed by atoms with Crippen molar-refractivity contribution in [1.29, 1.82) is 0 Å².